The molecule has 0 aliphatic rings. The van der Waals surface area contributed by atoms with E-state index in [1.807, 2.05) is 11.3 Å². The Balaban J connectivity index is 2.07. The minimum absolute atomic E-state index is 0.692. The average Bonchev–Trinajstić information content (AvgIpc) is 2.98. The Morgan fingerprint density at radius 1 is 1.11 bits per heavy atom. The first-order valence-corrected chi connectivity index (χ1v) is 8.49. The Hall–Kier alpha value is -0.780. The number of hydrogen-bond acceptors (Lipinski definition) is 4. The van der Waals surface area contributed by atoms with Gasteiger partial charge in [-0.15, -0.1) is 11.3 Å². The molecule has 0 aliphatic carbocycles. The highest BCUT2D eigenvalue weighted by atomic mass is 79.9. The van der Waals surface area contributed by atoms with E-state index in [4.69, 9.17) is 0 Å². The van der Waals surface area contributed by atoms with Crippen LogP contribution >= 0.6 is 39.0 Å². The average molecular weight is 353 g/mol. The van der Waals surface area contributed by atoms with Crippen LogP contribution in [0.1, 0.15) is 18.7 Å². The molecule has 0 spiro atoms. The van der Waals surface area contributed by atoms with Crippen LogP contribution in [0, 0.1) is 5.92 Å². The molecule has 98 valence electrons. The molecule has 0 saturated heterocycles. The van der Waals surface area contributed by atoms with Crippen molar-refractivity contribution in [2.24, 2.45) is 5.92 Å². The van der Waals surface area contributed by atoms with Crippen molar-refractivity contribution in [1.82, 2.24) is 8.75 Å². The molecule has 2 heterocycles. The zero-order valence-electron chi connectivity index (χ0n) is 10.7. The maximum Gasteiger partial charge on any atom is 0.119 e. The summed E-state index contributed by atoms with van der Waals surface area (Å²) in [7, 11) is 0. The van der Waals surface area contributed by atoms with Gasteiger partial charge < -0.3 is 0 Å². The Bertz CT molecular complexity index is 715. The highest BCUT2D eigenvalue weighted by Crippen LogP contribution is 2.36. The molecule has 0 N–H and O–H groups in total. The first-order chi connectivity index (χ1) is 9.15. The molecule has 2 aromatic heterocycles. The monoisotopic (exact) mass is 352 g/mol. The number of rotatable bonds is 3. The summed E-state index contributed by atoms with van der Waals surface area (Å²) in [5.41, 5.74) is 3.14. The lowest BCUT2D eigenvalue weighted by atomic mass is 10.1. The zero-order valence-corrected chi connectivity index (χ0v) is 13.9. The van der Waals surface area contributed by atoms with Crippen LogP contribution in [0.4, 0.5) is 0 Å². The van der Waals surface area contributed by atoms with Gasteiger partial charge in [-0.05, 0) is 46.5 Å². The summed E-state index contributed by atoms with van der Waals surface area (Å²) >= 11 is 6.66. The lowest BCUT2D eigenvalue weighted by Gasteiger charge is -2.01. The normalized spacial score (nSPS) is 11.6. The van der Waals surface area contributed by atoms with E-state index in [0.29, 0.717) is 5.92 Å². The third kappa shape index (κ3) is 2.59. The van der Waals surface area contributed by atoms with Gasteiger partial charge in [0.05, 0.1) is 11.7 Å². The second kappa shape index (κ2) is 5.31. The fourth-order valence-corrected chi connectivity index (χ4v) is 4.42. The molecule has 0 amide bonds. The van der Waals surface area contributed by atoms with Gasteiger partial charge in [0.1, 0.15) is 11.0 Å². The van der Waals surface area contributed by atoms with Crippen molar-refractivity contribution in [3.05, 3.63) is 33.6 Å². The van der Waals surface area contributed by atoms with E-state index in [1.165, 1.54) is 27.0 Å². The molecule has 1 aromatic carbocycles. The minimum atomic E-state index is 0.692. The van der Waals surface area contributed by atoms with Gasteiger partial charge in [0.15, 0.2) is 0 Å². The molecule has 5 heteroatoms. The predicted octanol–water partition coefficient (Wildman–Crippen LogP) is 5.38. The molecule has 0 saturated carbocycles. The molecule has 3 rings (SSSR count). The van der Waals surface area contributed by atoms with Crippen LogP contribution in [-0.2, 0) is 6.42 Å². The van der Waals surface area contributed by atoms with Crippen LogP contribution in [0.5, 0.6) is 0 Å². The van der Waals surface area contributed by atoms with Crippen molar-refractivity contribution < 1.29 is 0 Å². The van der Waals surface area contributed by atoms with Crippen molar-refractivity contribution >= 4 is 50.0 Å². The van der Waals surface area contributed by atoms with Crippen LogP contribution in [0.2, 0.25) is 0 Å². The molecule has 19 heavy (non-hydrogen) atoms. The summed E-state index contributed by atoms with van der Waals surface area (Å²) in [4.78, 5) is 2.71. The van der Waals surface area contributed by atoms with Crippen molar-refractivity contribution in [1.29, 1.82) is 0 Å². The number of benzene rings is 1. The summed E-state index contributed by atoms with van der Waals surface area (Å²) in [5, 5.41) is 0. The van der Waals surface area contributed by atoms with Crippen LogP contribution < -0.4 is 0 Å². The highest BCUT2D eigenvalue weighted by molar-refractivity contribution is 9.10. The van der Waals surface area contributed by atoms with E-state index in [1.54, 1.807) is 0 Å². The van der Waals surface area contributed by atoms with Crippen molar-refractivity contribution in [3.63, 3.8) is 0 Å². The fourth-order valence-electron chi connectivity index (χ4n) is 2.07. The van der Waals surface area contributed by atoms with Crippen molar-refractivity contribution in [2.75, 3.05) is 0 Å². The van der Waals surface area contributed by atoms with E-state index < -0.39 is 0 Å². The molecule has 0 radical (unpaired) electrons. The summed E-state index contributed by atoms with van der Waals surface area (Å²) in [6.45, 7) is 4.50. The lowest BCUT2D eigenvalue weighted by Crippen LogP contribution is -1.89. The summed E-state index contributed by atoms with van der Waals surface area (Å²) in [5.74, 6) is 0.692. The summed E-state index contributed by atoms with van der Waals surface area (Å²) in [6.07, 6.45) is 1.14. The quantitative estimate of drug-likeness (QED) is 0.632. The largest absolute Gasteiger partial charge is 0.172 e. The van der Waals surface area contributed by atoms with Gasteiger partial charge in [0, 0.05) is 19.8 Å². The van der Waals surface area contributed by atoms with Crippen LogP contribution in [0.3, 0.4) is 0 Å². The second-order valence-electron chi connectivity index (χ2n) is 4.92. The maximum atomic E-state index is 4.43. The third-order valence-corrected chi connectivity index (χ3v) is 5.21. The Kier molecular flexibility index (Phi) is 3.69. The topological polar surface area (TPSA) is 25.8 Å². The fraction of sp³-hybridized carbons (Fsp3) is 0.286. The van der Waals surface area contributed by atoms with E-state index >= 15 is 0 Å². The lowest BCUT2D eigenvalue weighted by molar-refractivity contribution is 0.654. The van der Waals surface area contributed by atoms with Gasteiger partial charge >= 0.3 is 0 Å². The van der Waals surface area contributed by atoms with Crippen LogP contribution in [-0.4, -0.2) is 8.75 Å². The third-order valence-electron chi connectivity index (χ3n) is 2.90. The number of aromatic nitrogens is 2. The number of nitrogens with zero attached hydrogens (tertiary/aromatic N) is 2. The van der Waals surface area contributed by atoms with Crippen molar-refractivity contribution in [3.8, 4) is 10.4 Å². The van der Waals surface area contributed by atoms with Gasteiger partial charge in [0.2, 0.25) is 0 Å². The number of fused-ring (bicyclic) bond motifs is 1. The molecule has 3 aromatic rings. The standard InChI is InChI=1S/C14H13BrN2S2/c1-8(2)7-9-3-6-12(18-9)10-4-5-11(15)14-13(10)16-19-17-14/h3-6,8H,7H2,1-2H3. The van der Waals surface area contributed by atoms with Crippen LogP contribution in [0.25, 0.3) is 21.5 Å². The molecule has 0 aliphatic heterocycles. The molecular weight excluding hydrogens is 340 g/mol. The summed E-state index contributed by atoms with van der Waals surface area (Å²) < 4.78 is 9.79. The number of hydrogen-bond donors (Lipinski definition) is 0. The van der Waals surface area contributed by atoms with Gasteiger partial charge in [-0.25, -0.2) is 0 Å². The van der Waals surface area contributed by atoms with Gasteiger partial charge in [-0.3, -0.25) is 0 Å². The zero-order chi connectivity index (χ0) is 13.4. The van der Waals surface area contributed by atoms with Gasteiger partial charge in [0.25, 0.3) is 0 Å². The number of halogens is 1. The first-order valence-electron chi connectivity index (χ1n) is 6.15. The Morgan fingerprint density at radius 2 is 1.89 bits per heavy atom. The van der Waals surface area contributed by atoms with E-state index in [2.05, 4.69) is 62.8 Å². The maximum absolute atomic E-state index is 4.43. The Morgan fingerprint density at radius 3 is 2.68 bits per heavy atom. The molecule has 0 bridgehead atoms. The predicted molar refractivity (Wildman–Crippen MR) is 87.0 cm³/mol. The highest BCUT2D eigenvalue weighted by Gasteiger charge is 2.12. The number of thiophene rings is 1. The molecule has 0 atom stereocenters. The molecule has 2 nitrogen and oxygen atoms in total. The first kappa shape index (κ1) is 13.2. The van der Waals surface area contributed by atoms with Crippen molar-refractivity contribution in [2.45, 2.75) is 20.3 Å². The second-order valence-corrected chi connectivity index (χ2v) is 7.47. The Labute approximate surface area is 128 Å². The van der Waals surface area contributed by atoms with E-state index in [-0.39, 0.29) is 0 Å². The molecule has 0 fully saturated rings. The van der Waals surface area contributed by atoms with Gasteiger partial charge in [-0.1, -0.05) is 19.9 Å². The van der Waals surface area contributed by atoms with Crippen LogP contribution in [0.15, 0.2) is 28.7 Å². The minimum Gasteiger partial charge on any atom is -0.172 e. The smallest absolute Gasteiger partial charge is 0.119 e. The van der Waals surface area contributed by atoms with E-state index in [9.17, 15) is 0 Å². The van der Waals surface area contributed by atoms with Gasteiger partial charge in [-0.2, -0.15) is 8.75 Å². The molecule has 0 unspecified atom stereocenters. The SMILES string of the molecule is CC(C)Cc1ccc(-c2ccc(Br)c3nsnc23)s1. The molecular formula is C14H13BrN2S2. The summed E-state index contributed by atoms with van der Waals surface area (Å²) in [6, 6.07) is 8.61. The van der Waals surface area contributed by atoms with E-state index in [0.717, 1.165) is 21.9 Å².